The lowest BCUT2D eigenvalue weighted by Gasteiger charge is -2.18. The number of halogens is 4. The van der Waals surface area contributed by atoms with Crippen molar-refractivity contribution >= 4 is 15.9 Å². The first-order valence-corrected chi connectivity index (χ1v) is 5.66. The summed E-state index contributed by atoms with van der Waals surface area (Å²) >= 11 is 3.04. The number of aliphatic hydroxyl groups is 1. The van der Waals surface area contributed by atoms with Crippen LogP contribution in [0.3, 0.4) is 0 Å². The lowest BCUT2D eigenvalue weighted by Crippen LogP contribution is -2.09. The summed E-state index contributed by atoms with van der Waals surface area (Å²) < 4.78 is 43.1. The third-order valence-corrected chi connectivity index (χ3v) is 3.00. The Morgan fingerprint density at radius 3 is 2.41 bits per heavy atom. The molecule has 96 valence electrons. The van der Waals surface area contributed by atoms with Gasteiger partial charge in [-0.1, -0.05) is 6.92 Å². The van der Waals surface area contributed by atoms with E-state index in [9.17, 15) is 13.2 Å². The first kappa shape index (κ1) is 14.3. The van der Waals surface area contributed by atoms with Gasteiger partial charge in [-0.3, -0.25) is 0 Å². The Bertz CT molecular complexity index is 404. The highest BCUT2D eigenvalue weighted by atomic mass is 79.9. The summed E-state index contributed by atoms with van der Waals surface area (Å²) in [7, 11) is 1.38. The molecule has 0 saturated heterocycles. The van der Waals surface area contributed by atoms with Gasteiger partial charge in [0.15, 0.2) is 0 Å². The Labute approximate surface area is 106 Å². The van der Waals surface area contributed by atoms with Crippen LogP contribution >= 0.6 is 15.9 Å². The molecule has 1 aromatic rings. The van der Waals surface area contributed by atoms with Crippen LogP contribution in [0.4, 0.5) is 13.2 Å². The van der Waals surface area contributed by atoms with Crippen LogP contribution in [0.5, 0.6) is 5.75 Å². The zero-order chi connectivity index (χ0) is 13.2. The Hall–Kier alpha value is -0.750. The van der Waals surface area contributed by atoms with E-state index in [2.05, 4.69) is 15.9 Å². The zero-order valence-corrected chi connectivity index (χ0v) is 10.9. The second-order valence-corrected chi connectivity index (χ2v) is 4.52. The number of rotatable bonds is 3. The van der Waals surface area contributed by atoms with Gasteiger partial charge in [-0.2, -0.15) is 13.2 Å². The minimum atomic E-state index is -4.42. The molecule has 0 bridgehead atoms. The van der Waals surface area contributed by atoms with Crippen LogP contribution < -0.4 is 4.74 Å². The molecule has 0 radical (unpaired) electrons. The average molecular weight is 313 g/mol. The topological polar surface area (TPSA) is 29.5 Å². The fraction of sp³-hybridized carbons (Fsp3) is 0.455. The molecule has 1 N–H and O–H groups in total. The van der Waals surface area contributed by atoms with E-state index in [1.165, 1.54) is 7.11 Å². The van der Waals surface area contributed by atoms with E-state index in [1.54, 1.807) is 6.92 Å². The Morgan fingerprint density at radius 2 is 2.00 bits per heavy atom. The molecule has 1 atom stereocenters. The highest BCUT2D eigenvalue weighted by Crippen LogP contribution is 2.40. The highest BCUT2D eigenvalue weighted by Gasteiger charge is 2.32. The highest BCUT2D eigenvalue weighted by molar-refractivity contribution is 9.10. The molecular weight excluding hydrogens is 301 g/mol. The summed E-state index contributed by atoms with van der Waals surface area (Å²) in [5.74, 6) is -0.108. The van der Waals surface area contributed by atoms with E-state index in [0.717, 1.165) is 12.1 Å². The summed E-state index contributed by atoms with van der Waals surface area (Å²) in [4.78, 5) is 0. The molecule has 0 aliphatic rings. The average Bonchev–Trinajstić information content (AvgIpc) is 2.25. The Morgan fingerprint density at radius 1 is 1.41 bits per heavy atom. The fourth-order valence-corrected chi connectivity index (χ4v) is 2.10. The minimum absolute atomic E-state index is 0.227. The summed E-state index contributed by atoms with van der Waals surface area (Å²) in [6.45, 7) is 1.38. The maximum atomic E-state index is 12.6. The van der Waals surface area contributed by atoms with Crippen LogP contribution in [0.1, 0.15) is 24.0 Å². The van der Waals surface area contributed by atoms with Crippen LogP contribution in [-0.4, -0.2) is 18.8 Å². The van der Waals surface area contributed by atoms with Crippen molar-refractivity contribution < 1.29 is 23.0 Å². The Kier molecular flexibility index (Phi) is 4.43. The molecule has 17 heavy (non-hydrogen) atoms. The van der Waals surface area contributed by atoms with Crippen molar-refractivity contribution in [2.24, 2.45) is 0 Å². The smallest absolute Gasteiger partial charge is 0.416 e. The van der Waals surface area contributed by atoms with E-state index in [1.807, 2.05) is 0 Å². The molecular formula is C11H12BrF3O2. The second kappa shape index (κ2) is 5.27. The van der Waals surface area contributed by atoms with E-state index >= 15 is 0 Å². The molecule has 2 nitrogen and oxygen atoms in total. The maximum absolute atomic E-state index is 12.6. The van der Waals surface area contributed by atoms with Gasteiger partial charge in [0.05, 0.1) is 17.1 Å². The number of methoxy groups -OCH3 is 1. The van der Waals surface area contributed by atoms with Crippen LogP contribution in [-0.2, 0) is 6.18 Å². The van der Waals surface area contributed by atoms with Gasteiger partial charge in [0, 0.05) is 18.1 Å². The molecule has 0 aliphatic heterocycles. The van der Waals surface area contributed by atoms with E-state index in [-0.39, 0.29) is 11.1 Å². The Balaban J connectivity index is 3.39. The van der Waals surface area contributed by atoms with Gasteiger partial charge in [0.25, 0.3) is 0 Å². The molecule has 0 amide bonds. The predicted octanol–water partition coefficient (Wildman–Crippen LogP) is 3.57. The third-order valence-electron chi connectivity index (χ3n) is 2.41. The molecule has 0 aromatic heterocycles. The van der Waals surface area contributed by atoms with E-state index < -0.39 is 17.7 Å². The number of hydrogen-bond donors (Lipinski definition) is 1. The van der Waals surface area contributed by atoms with Crippen molar-refractivity contribution in [3.8, 4) is 5.75 Å². The number of aliphatic hydroxyl groups excluding tert-OH is 1. The molecule has 0 spiro atoms. The quantitative estimate of drug-likeness (QED) is 0.924. The van der Waals surface area contributed by atoms with Gasteiger partial charge in [0.1, 0.15) is 5.75 Å². The van der Waals surface area contributed by atoms with E-state index in [4.69, 9.17) is 9.84 Å². The predicted molar refractivity (Wildman–Crippen MR) is 61.2 cm³/mol. The number of alkyl halides is 3. The van der Waals surface area contributed by atoms with E-state index in [0.29, 0.717) is 11.3 Å². The summed E-state index contributed by atoms with van der Waals surface area (Å²) in [6.07, 6.45) is -4.42. The maximum Gasteiger partial charge on any atom is 0.416 e. The molecule has 0 aliphatic carbocycles. The van der Waals surface area contributed by atoms with Crippen molar-refractivity contribution in [2.45, 2.75) is 19.0 Å². The zero-order valence-electron chi connectivity index (χ0n) is 9.31. The molecule has 1 rings (SSSR count). The summed E-state index contributed by atoms with van der Waals surface area (Å²) in [5.41, 5.74) is -0.433. The third kappa shape index (κ3) is 3.13. The van der Waals surface area contributed by atoms with Crippen molar-refractivity contribution in [1.82, 2.24) is 0 Å². The van der Waals surface area contributed by atoms with Crippen LogP contribution in [0, 0.1) is 0 Å². The van der Waals surface area contributed by atoms with Gasteiger partial charge < -0.3 is 9.84 Å². The summed E-state index contributed by atoms with van der Waals surface area (Å²) in [6, 6.07) is 1.97. The van der Waals surface area contributed by atoms with Gasteiger partial charge in [0.2, 0.25) is 0 Å². The fourth-order valence-electron chi connectivity index (χ4n) is 1.46. The summed E-state index contributed by atoms with van der Waals surface area (Å²) in [5, 5.41) is 9.04. The van der Waals surface area contributed by atoms with Gasteiger partial charge in [-0.15, -0.1) is 0 Å². The molecule has 0 saturated carbocycles. The van der Waals surface area contributed by atoms with Crippen molar-refractivity contribution in [2.75, 3.05) is 13.7 Å². The van der Waals surface area contributed by atoms with Crippen molar-refractivity contribution in [1.29, 1.82) is 0 Å². The van der Waals surface area contributed by atoms with Crippen LogP contribution in [0.2, 0.25) is 0 Å². The van der Waals surface area contributed by atoms with Gasteiger partial charge >= 0.3 is 6.18 Å². The van der Waals surface area contributed by atoms with Gasteiger partial charge in [-0.25, -0.2) is 0 Å². The lowest BCUT2D eigenvalue weighted by molar-refractivity contribution is -0.137. The van der Waals surface area contributed by atoms with Crippen LogP contribution in [0.25, 0.3) is 0 Å². The van der Waals surface area contributed by atoms with Gasteiger partial charge in [-0.05, 0) is 28.1 Å². The molecule has 0 heterocycles. The molecule has 1 unspecified atom stereocenters. The monoisotopic (exact) mass is 312 g/mol. The molecule has 1 aromatic carbocycles. The second-order valence-electron chi connectivity index (χ2n) is 3.66. The molecule has 6 heteroatoms. The normalized spacial score (nSPS) is 13.6. The SMILES string of the molecule is COc1c(Br)cc(C(F)(F)F)cc1C(C)CO. The first-order valence-electron chi connectivity index (χ1n) is 4.86. The molecule has 0 fully saturated rings. The van der Waals surface area contributed by atoms with Crippen molar-refractivity contribution in [3.63, 3.8) is 0 Å². The lowest BCUT2D eigenvalue weighted by atomic mass is 9.98. The first-order chi connectivity index (χ1) is 7.81. The van der Waals surface area contributed by atoms with Crippen LogP contribution in [0.15, 0.2) is 16.6 Å². The minimum Gasteiger partial charge on any atom is -0.495 e. The number of ether oxygens (including phenoxy) is 1. The number of benzene rings is 1. The van der Waals surface area contributed by atoms with Crippen molar-refractivity contribution in [3.05, 3.63) is 27.7 Å². The standard InChI is InChI=1S/C11H12BrF3O2/c1-6(5-16)8-3-7(11(13,14)15)4-9(12)10(8)17-2/h3-4,6,16H,5H2,1-2H3. The largest absolute Gasteiger partial charge is 0.495 e. The number of hydrogen-bond acceptors (Lipinski definition) is 2.